The van der Waals surface area contributed by atoms with Crippen molar-refractivity contribution in [3.8, 4) is 11.1 Å². The van der Waals surface area contributed by atoms with Gasteiger partial charge in [0, 0.05) is 53.2 Å². The Hall–Kier alpha value is -5.64. The Morgan fingerprint density at radius 3 is 2.04 bits per heavy atom. The summed E-state index contributed by atoms with van der Waals surface area (Å²) >= 11 is 1.84. The van der Waals surface area contributed by atoms with E-state index in [-0.39, 0.29) is 5.92 Å². The van der Waals surface area contributed by atoms with Gasteiger partial charge in [0.15, 0.2) is 0 Å². The van der Waals surface area contributed by atoms with Crippen molar-refractivity contribution in [3.05, 3.63) is 168 Å². The number of thiophene rings is 1. The topological polar surface area (TPSA) is 26.3 Å². The fraction of sp³-hybridized carbons (Fsp3) is 0.0455. The average molecular weight is 621 g/mol. The molecule has 3 heteroatoms. The maximum Gasteiger partial charge on any atom is 0.144 e. The second-order valence-electron chi connectivity index (χ2n) is 12.4. The number of hydrogen-bond donors (Lipinski definition) is 0. The van der Waals surface area contributed by atoms with Crippen molar-refractivity contribution in [1.82, 2.24) is 0 Å². The van der Waals surface area contributed by atoms with Crippen LogP contribution in [0.15, 0.2) is 160 Å². The molecule has 10 aromatic rings. The highest BCUT2D eigenvalue weighted by atomic mass is 32.1. The number of hydrogen-bond acceptors (Lipinski definition) is 3. The van der Waals surface area contributed by atoms with Crippen LogP contribution in [0.3, 0.4) is 0 Å². The molecule has 0 spiro atoms. The predicted molar refractivity (Wildman–Crippen MR) is 198 cm³/mol. The van der Waals surface area contributed by atoms with Gasteiger partial charge >= 0.3 is 0 Å². The van der Waals surface area contributed by atoms with E-state index in [0.717, 1.165) is 56.0 Å². The van der Waals surface area contributed by atoms with Crippen molar-refractivity contribution in [2.24, 2.45) is 0 Å². The molecule has 0 saturated carbocycles. The molecule has 0 aliphatic heterocycles. The minimum absolute atomic E-state index is 0.223. The number of furan rings is 2. The van der Waals surface area contributed by atoms with Gasteiger partial charge in [-0.3, -0.25) is 0 Å². The van der Waals surface area contributed by atoms with Crippen LogP contribution in [0, 0.1) is 0 Å². The third kappa shape index (κ3) is 4.24. The number of fused-ring (bicyclic) bond motifs is 10. The fourth-order valence-electron chi connectivity index (χ4n) is 7.42. The Labute approximate surface area is 275 Å². The molecule has 1 atom stereocenters. The first-order chi connectivity index (χ1) is 23.3. The van der Waals surface area contributed by atoms with Gasteiger partial charge in [0.25, 0.3) is 0 Å². The highest BCUT2D eigenvalue weighted by molar-refractivity contribution is 7.26. The van der Waals surface area contributed by atoms with E-state index >= 15 is 0 Å². The molecule has 0 bridgehead atoms. The van der Waals surface area contributed by atoms with Crippen LogP contribution < -0.4 is 0 Å². The fourth-order valence-corrected chi connectivity index (χ4v) is 8.66. The van der Waals surface area contributed by atoms with Gasteiger partial charge in [0.2, 0.25) is 0 Å². The third-order valence-corrected chi connectivity index (χ3v) is 10.9. The molecular weight excluding hydrogens is 593 g/mol. The van der Waals surface area contributed by atoms with Gasteiger partial charge in [0.1, 0.15) is 22.3 Å². The Morgan fingerprint density at radius 1 is 0.489 bits per heavy atom. The van der Waals surface area contributed by atoms with Crippen molar-refractivity contribution in [3.63, 3.8) is 0 Å². The molecule has 3 heterocycles. The lowest BCUT2D eigenvalue weighted by Crippen LogP contribution is -2.05. The van der Waals surface area contributed by atoms with Crippen LogP contribution in [0.4, 0.5) is 0 Å². The lowest BCUT2D eigenvalue weighted by molar-refractivity contribution is 0.666. The second kappa shape index (κ2) is 10.4. The van der Waals surface area contributed by atoms with Gasteiger partial charge in [-0.2, -0.15) is 0 Å². The molecule has 0 amide bonds. The molecule has 47 heavy (non-hydrogen) atoms. The minimum atomic E-state index is 0.223. The molecule has 0 radical (unpaired) electrons. The van der Waals surface area contributed by atoms with Crippen LogP contribution >= 0.6 is 11.3 Å². The van der Waals surface area contributed by atoms with Crippen LogP contribution in [0.5, 0.6) is 0 Å². The SMILES string of the molecule is c1ccc(CC(c2ccccc2)c2ccc3c(c2)oc2cc(-c4cc5c6ccccc6sc5c5c4oc4ccccc45)ccc23)cc1. The number of para-hydroxylation sites is 1. The zero-order valence-corrected chi connectivity index (χ0v) is 26.3. The van der Waals surface area contributed by atoms with Crippen LogP contribution in [-0.4, -0.2) is 0 Å². The summed E-state index contributed by atoms with van der Waals surface area (Å²) in [5, 5.41) is 7.14. The van der Waals surface area contributed by atoms with E-state index in [2.05, 4.69) is 146 Å². The lowest BCUT2D eigenvalue weighted by atomic mass is 9.85. The maximum atomic E-state index is 6.68. The zero-order valence-electron chi connectivity index (χ0n) is 25.4. The standard InChI is InChI=1S/C44H28O2S/c1-3-11-27(12-4-1)23-35(28-13-5-2-6-14-28)29-19-21-31-32-22-20-30(25-40(32)45-39(31)24-29)36-26-37-33-15-8-10-18-41(33)47-44(37)42-34-16-7-9-17-38(34)46-43(36)42/h1-22,24-26,35H,23H2. The quantitative estimate of drug-likeness (QED) is 0.191. The smallest absolute Gasteiger partial charge is 0.144 e. The van der Waals surface area contributed by atoms with Crippen molar-refractivity contribution in [2.75, 3.05) is 0 Å². The Morgan fingerprint density at radius 2 is 1.19 bits per heavy atom. The number of rotatable bonds is 5. The summed E-state index contributed by atoms with van der Waals surface area (Å²) in [6, 6.07) is 54.3. The third-order valence-electron chi connectivity index (χ3n) is 9.69. The molecule has 2 nitrogen and oxygen atoms in total. The second-order valence-corrected chi connectivity index (χ2v) is 13.5. The molecule has 3 aromatic heterocycles. The molecule has 0 aliphatic rings. The van der Waals surface area contributed by atoms with E-state index in [1.165, 1.54) is 42.2 Å². The summed E-state index contributed by atoms with van der Waals surface area (Å²) in [5.41, 5.74) is 9.69. The van der Waals surface area contributed by atoms with Gasteiger partial charge in [-0.25, -0.2) is 0 Å². The molecule has 0 aliphatic carbocycles. The van der Waals surface area contributed by atoms with Gasteiger partial charge in [-0.15, -0.1) is 11.3 Å². The molecule has 0 N–H and O–H groups in total. The minimum Gasteiger partial charge on any atom is -0.456 e. The summed E-state index contributed by atoms with van der Waals surface area (Å²) in [5.74, 6) is 0.223. The van der Waals surface area contributed by atoms with Crippen LogP contribution in [0.2, 0.25) is 0 Å². The molecule has 222 valence electrons. The summed E-state index contributed by atoms with van der Waals surface area (Å²) in [4.78, 5) is 0. The molecule has 10 rings (SSSR count). The lowest BCUT2D eigenvalue weighted by Gasteiger charge is -2.18. The summed E-state index contributed by atoms with van der Waals surface area (Å²) in [7, 11) is 0. The van der Waals surface area contributed by atoms with E-state index < -0.39 is 0 Å². The van der Waals surface area contributed by atoms with Gasteiger partial charge in [0.05, 0.1) is 0 Å². The molecule has 0 fully saturated rings. The molecule has 1 unspecified atom stereocenters. The van der Waals surface area contributed by atoms with Gasteiger partial charge in [-0.05, 0) is 65.1 Å². The van der Waals surface area contributed by atoms with E-state index in [4.69, 9.17) is 8.83 Å². The monoisotopic (exact) mass is 620 g/mol. The van der Waals surface area contributed by atoms with Crippen molar-refractivity contribution >= 4 is 75.4 Å². The first-order valence-electron chi connectivity index (χ1n) is 16.1. The number of benzene rings is 7. The highest BCUT2D eigenvalue weighted by Crippen LogP contribution is 2.47. The average Bonchev–Trinajstić information content (AvgIpc) is 3.81. The van der Waals surface area contributed by atoms with Crippen LogP contribution in [-0.2, 0) is 6.42 Å². The Bertz CT molecular complexity index is 2760. The van der Waals surface area contributed by atoms with Crippen LogP contribution in [0.1, 0.15) is 22.6 Å². The highest BCUT2D eigenvalue weighted by Gasteiger charge is 2.21. The first-order valence-corrected chi connectivity index (χ1v) is 16.9. The first kappa shape index (κ1) is 26.6. The largest absolute Gasteiger partial charge is 0.456 e. The molecule has 0 saturated heterocycles. The van der Waals surface area contributed by atoms with Crippen LogP contribution in [0.25, 0.3) is 75.2 Å². The summed E-state index contributed by atoms with van der Waals surface area (Å²) in [6.45, 7) is 0. The Kier molecular flexibility index (Phi) is 5.91. The van der Waals surface area contributed by atoms with E-state index in [9.17, 15) is 0 Å². The van der Waals surface area contributed by atoms with Crippen molar-refractivity contribution in [1.29, 1.82) is 0 Å². The maximum absolute atomic E-state index is 6.68. The van der Waals surface area contributed by atoms with Gasteiger partial charge in [-0.1, -0.05) is 115 Å². The normalized spacial score (nSPS) is 12.7. The molecule has 7 aromatic carbocycles. The van der Waals surface area contributed by atoms with Crippen molar-refractivity contribution in [2.45, 2.75) is 12.3 Å². The summed E-state index contributed by atoms with van der Waals surface area (Å²) in [6.07, 6.45) is 0.925. The van der Waals surface area contributed by atoms with E-state index in [1.54, 1.807) is 0 Å². The van der Waals surface area contributed by atoms with E-state index in [0.29, 0.717) is 0 Å². The Balaban J connectivity index is 1.15. The van der Waals surface area contributed by atoms with E-state index in [1.807, 2.05) is 17.4 Å². The van der Waals surface area contributed by atoms with Crippen molar-refractivity contribution < 1.29 is 8.83 Å². The predicted octanol–water partition coefficient (Wildman–Crippen LogP) is 12.9. The summed E-state index contributed by atoms with van der Waals surface area (Å²) < 4.78 is 15.9. The zero-order chi connectivity index (χ0) is 30.9. The van der Waals surface area contributed by atoms with Gasteiger partial charge < -0.3 is 8.83 Å². The molecular formula is C44H28O2S.